The minimum absolute atomic E-state index is 0.209. The van der Waals surface area contributed by atoms with Crippen LogP contribution in [-0.2, 0) is 10.8 Å². The Kier molecular flexibility index (Phi) is 3.59. The molecule has 2 nitrogen and oxygen atoms in total. The van der Waals surface area contributed by atoms with E-state index in [1.807, 2.05) is 0 Å². The van der Waals surface area contributed by atoms with Gasteiger partial charge in [0, 0.05) is 20.9 Å². The van der Waals surface area contributed by atoms with E-state index in [-0.39, 0.29) is 11.3 Å². The van der Waals surface area contributed by atoms with E-state index in [2.05, 4.69) is 36.7 Å². The predicted octanol–water partition coefficient (Wildman–Crippen LogP) is 2.31. The van der Waals surface area contributed by atoms with Crippen molar-refractivity contribution in [3.8, 4) is 0 Å². The molecule has 1 N–H and O–H groups in total. The molecule has 0 bridgehead atoms. The Morgan fingerprint density at radius 1 is 1.53 bits per heavy atom. The molecule has 2 heterocycles. The first-order chi connectivity index (χ1) is 7.20. The van der Waals surface area contributed by atoms with Crippen molar-refractivity contribution in [1.82, 2.24) is 5.32 Å². The van der Waals surface area contributed by atoms with Crippen molar-refractivity contribution in [1.29, 1.82) is 0 Å². The highest BCUT2D eigenvalue weighted by molar-refractivity contribution is 7.86. The number of hydrogen-bond donors (Lipinski definition) is 1. The first-order valence-electron chi connectivity index (χ1n) is 5.36. The molecule has 1 aromatic heterocycles. The molecule has 0 amide bonds. The summed E-state index contributed by atoms with van der Waals surface area (Å²) in [5.74, 6) is 0. The molecule has 0 aromatic carbocycles. The summed E-state index contributed by atoms with van der Waals surface area (Å²) in [6, 6.07) is 4.47. The second kappa shape index (κ2) is 4.76. The van der Waals surface area contributed by atoms with E-state index in [1.54, 1.807) is 11.3 Å². The number of rotatable bonds is 1. The lowest BCUT2D eigenvalue weighted by Gasteiger charge is -2.21. The van der Waals surface area contributed by atoms with E-state index in [1.165, 1.54) is 4.88 Å². The van der Waals surface area contributed by atoms with Gasteiger partial charge in [-0.3, -0.25) is 4.21 Å². The van der Waals surface area contributed by atoms with E-state index >= 15 is 0 Å². The maximum absolute atomic E-state index is 12.1. The predicted molar refractivity (Wildman–Crippen MR) is 66.7 cm³/mol. The molecule has 0 saturated carbocycles. The van der Waals surface area contributed by atoms with Gasteiger partial charge in [0.05, 0.1) is 11.3 Å². The highest BCUT2D eigenvalue weighted by Gasteiger charge is 2.30. The second-order valence-corrected chi connectivity index (χ2v) is 7.26. The van der Waals surface area contributed by atoms with Gasteiger partial charge in [-0.25, -0.2) is 0 Å². The molecule has 15 heavy (non-hydrogen) atoms. The van der Waals surface area contributed by atoms with Crippen molar-refractivity contribution in [3.63, 3.8) is 0 Å². The Hall–Kier alpha value is -0.190. The van der Waals surface area contributed by atoms with Crippen molar-refractivity contribution in [3.05, 3.63) is 22.4 Å². The summed E-state index contributed by atoms with van der Waals surface area (Å²) < 4.78 is 12.1. The molecule has 1 fully saturated rings. The van der Waals surface area contributed by atoms with Gasteiger partial charge in [0.1, 0.15) is 0 Å². The first kappa shape index (κ1) is 11.3. The summed E-state index contributed by atoms with van der Waals surface area (Å²) in [4.78, 5) is 1.31. The molecule has 4 atom stereocenters. The van der Waals surface area contributed by atoms with Crippen LogP contribution in [0.15, 0.2) is 17.5 Å². The lowest BCUT2D eigenvalue weighted by Crippen LogP contribution is -2.30. The van der Waals surface area contributed by atoms with Crippen LogP contribution >= 0.6 is 11.3 Å². The molecular weight excluding hydrogens is 226 g/mol. The molecule has 0 aliphatic carbocycles. The van der Waals surface area contributed by atoms with Crippen LogP contribution in [-0.4, -0.2) is 21.3 Å². The summed E-state index contributed by atoms with van der Waals surface area (Å²) in [6.45, 7) is 5.15. The Morgan fingerprint density at radius 3 is 3.00 bits per heavy atom. The molecular formula is C11H17NOS2. The monoisotopic (exact) mass is 243 g/mol. The minimum Gasteiger partial charge on any atom is -0.308 e. The molecule has 2 rings (SSSR count). The van der Waals surface area contributed by atoms with Crippen LogP contribution in [0, 0.1) is 0 Å². The quantitative estimate of drug-likeness (QED) is 0.820. The van der Waals surface area contributed by atoms with Gasteiger partial charge in [-0.15, -0.1) is 11.3 Å². The van der Waals surface area contributed by atoms with E-state index in [9.17, 15) is 4.21 Å². The van der Waals surface area contributed by atoms with Gasteiger partial charge in [-0.1, -0.05) is 13.0 Å². The SMILES string of the molecule is CC1CCNC(c2cccs2)C(C)S1=O. The highest BCUT2D eigenvalue weighted by atomic mass is 32.2. The second-order valence-electron chi connectivity index (χ2n) is 4.08. The third-order valence-electron chi connectivity index (χ3n) is 3.00. The standard InChI is InChI=1S/C11H17NOS2/c1-8-5-6-12-11(9(2)15(8)13)10-4-3-7-14-10/h3-4,7-9,11-12H,5-6H2,1-2H3. The summed E-state index contributed by atoms with van der Waals surface area (Å²) in [5.41, 5.74) is 0. The lowest BCUT2D eigenvalue weighted by molar-refractivity contribution is 0.539. The third-order valence-corrected chi connectivity index (χ3v) is 5.99. The maximum Gasteiger partial charge on any atom is 0.0557 e. The molecule has 1 aliphatic heterocycles. The summed E-state index contributed by atoms with van der Waals surface area (Å²) >= 11 is 1.75. The normalized spacial score (nSPS) is 37.5. The summed E-state index contributed by atoms with van der Waals surface area (Å²) in [5, 5.41) is 6.12. The van der Waals surface area contributed by atoms with E-state index in [0.717, 1.165) is 13.0 Å². The van der Waals surface area contributed by atoms with E-state index in [0.29, 0.717) is 5.25 Å². The molecule has 4 unspecified atom stereocenters. The average Bonchev–Trinajstić information content (AvgIpc) is 2.71. The number of thiophene rings is 1. The van der Waals surface area contributed by atoms with Gasteiger partial charge in [0.25, 0.3) is 0 Å². The van der Waals surface area contributed by atoms with Gasteiger partial charge in [-0.05, 0) is 31.3 Å². The molecule has 0 spiro atoms. The zero-order valence-corrected chi connectivity index (χ0v) is 10.7. The van der Waals surface area contributed by atoms with Crippen LogP contribution in [0.25, 0.3) is 0 Å². The largest absolute Gasteiger partial charge is 0.308 e. The Labute approximate surface area is 97.5 Å². The van der Waals surface area contributed by atoms with Crippen LogP contribution in [0.5, 0.6) is 0 Å². The van der Waals surface area contributed by atoms with Crippen molar-refractivity contribution in [2.45, 2.75) is 36.8 Å². The average molecular weight is 243 g/mol. The van der Waals surface area contributed by atoms with Gasteiger partial charge in [0.15, 0.2) is 0 Å². The topological polar surface area (TPSA) is 29.1 Å². The minimum atomic E-state index is -0.718. The Balaban J connectivity index is 2.22. The lowest BCUT2D eigenvalue weighted by atomic mass is 10.2. The van der Waals surface area contributed by atoms with Crippen LogP contribution in [0.2, 0.25) is 0 Å². The smallest absolute Gasteiger partial charge is 0.0557 e. The zero-order valence-electron chi connectivity index (χ0n) is 9.10. The van der Waals surface area contributed by atoms with Crippen LogP contribution < -0.4 is 5.32 Å². The third kappa shape index (κ3) is 2.32. The van der Waals surface area contributed by atoms with Crippen molar-refractivity contribution < 1.29 is 4.21 Å². The molecule has 1 saturated heterocycles. The van der Waals surface area contributed by atoms with Gasteiger partial charge in [-0.2, -0.15) is 0 Å². The molecule has 1 aliphatic rings. The van der Waals surface area contributed by atoms with Gasteiger partial charge in [0.2, 0.25) is 0 Å². The molecule has 4 heteroatoms. The van der Waals surface area contributed by atoms with Crippen molar-refractivity contribution in [2.75, 3.05) is 6.54 Å². The van der Waals surface area contributed by atoms with E-state index in [4.69, 9.17) is 0 Å². The maximum atomic E-state index is 12.1. The van der Waals surface area contributed by atoms with Gasteiger partial charge >= 0.3 is 0 Å². The highest BCUT2D eigenvalue weighted by Crippen LogP contribution is 2.28. The fourth-order valence-corrected chi connectivity index (χ4v) is 4.61. The van der Waals surface area contributed by atoms with Crippen molar-refractivity contribution in [2.24, 2.45) is 0 Å². The van der Waals surface area contributed by atoms with E-state index < -0.39 is 10.8 Å². The van der Waals surface area contributed by atoms with Gasteiger partial charge < -0.3 is 5.32 Å². The fraction of sp³-hybridized carbons (Fsp3) is 0.636. The number of nitrogens with one attached hydrogen (secondary N) is 1. The zero-order chi connectivity index (χ0) is 10.8. The Bertz CT molecular complexity index is 336. The first-order valence-corrected chi connectivity index (χ1v) is 7.52. The van der Waals surface area contributed by atoms with Crippen molar-refractivity contribution >= 4 is 22.1 Å². The molecule has 1 aromatic rings. The molecule has 84 valence electrons. The van der Waals surface area contributed by atoms with Crippen LogP contribution in [0.1, 0.15) is 31.2 Å². The summed E-state index contributed by atoms with van der Waals surface area (Å²) in [7, 11) is -0.718. The summed E-state index contributed by atoms with van der Waals surface area (Å²) in [6.07, 6.45) is 1.01. The van der Waals surface area contributed by atoms with Crippen LogP contribution in [0.4, 0.5) is 0 Å². The number of hydrogen-bond acceptors (Lipinski definition) is 3. The molecule has 0 radical (unpaired) electrons. The fourth-order valence-electron chi connectivity index (χ4n) is 2.02. The Morgan fingerprint density at radius 2 is 2.33 bits per heavy atom. The van der Waals surface area contributed by atoms with Crippen LogP contribution in [0.3, 0.4) is 0 Å².